The largest absolute Gasteiger partial charge is 0.464 e. The van der Waals surface area contributed by atoms with E-state index in [2.05, 4.69) is 4.74 Å². The number of carbonyl (C=O) groups is 1. The molecule has 0 amide bonds. The first-order valence-electron chi connectivity index (χ1n) is 6.21. The number of aliphatic hydroxyl groups is 1. The lowest BCUT2D eigenvalue weighted by molar-refractivity contribution is -0.278. The van der Waals surface area contributed by atoms with Crippen LogP contribution in [0.4, 0.5) is 13.2 Å². The first-order chi connectivity index (χ1) is 8.82. The van der Waals surface area contributed by atoms with E-state index in [0.717, 1.165) is 5.06 Å². The zero-order chi connectivity index (χ0) is 14.3. The summed E-state index contributed by atoms with van der Waals surface area (Å²) in [6.45, 7) is 1.67. The van der Waals surface area contributed by atoms with E-state index in [1.807, 2.05) is 0 Å². The predicted octanol–water partition coefficient (Wildman–Crippen LogP) is 1.01. The maximum Gasteiger partial charge on any atom is 0.422 e. The lowest BCUT2D eigenvalue weighted by atomic mass is 9.84. The van der Waals surface area contributed by atoms with Gasteiger partial charge in [0.15, 0.2) is 0 Å². The molecule has 2 aliphatic rings. The minimum Gasteiger partial charge on any atom is -0.464 e. The normalized spacial score (nSPS) is 36.1. The molecule has 2 heterocycles. The standard InChI is InChI=1S/C11H16F3NO4/c1-2-18-9(16)8-10(17,11(12,13)14)7-5-3-4-6-15(7)19-8/h7-8,17H,2-6H2,1H3/t7-,8-,10+/m0/s1. The molecule has 0 aromatic rings. The summed E-state index contributed by atoms with van der Waals surface area (Å²) in [6, 6.07) is -1.25. The Kier molecular flexibility index (Phi) is 3.76. The molecule has 0 aliphatic carbocycles. The van der Waals surface area contributed by atoms with E-state index in [1.54, 1.807) is 0 Å². The number of esters is 1. The van der Waals surface area contributed by atoms with Crippen molar-refractivity contribution in [1.29, 1.82) is 0 Å². The molecule has 0 radical (unpaired) electrons. The Bertz CT molecular complexity index is 362. The van der Waals surface area contributed by atoms with Gasteiger partial charge in [0.2, 0.25) is 11.7 Å². The minimum absolute atomic E-state index is 0.0721. The third-order valence-corrected chi connectivity index (χ3v) is 3.56. The van der Waals surface area contributed by atoms with Crippen molar-refractivity contribution in [1.82, 2.24) is 5.06 Å². The minimum atomic E-state index is -4.96. The molecule has 0 aromatic carbocycles. The molecule has 2 aliphatic heterocycles. The molecule has 0 aromatic heterocycles. The van der Waals surface area contributed by atoms with Crippen molar-refractivity contribution in [3.05, 3.63) is 0 Å². The number of piperidine rings is 1. The number of hydrogen-bond acceptors (Lipinski definition) is 5. The van der Waals surface area contributed by atoms with Crippen LogP contribution in [0.15, 0.2) is 0 Å². The third kappa shape index (κ3) is 2.21. The van der Waals surface area contributed by atoms with Crippen molar-refractivity contribution < 1.29 is 32.6 Å². The van der Waals surface area contributed by atoms with Crippen LogP contribution in [-0.2, 0) is 14.4 Å². The molecule has 0 spiro atoms. The zero-order valence-corrected chi connectivity index (χ0v) is 10.4. The van der Waals surface area contributed by atoms with E-state index < -0.39 is 29.9 Å². The lowest BCUT2D eigenvalue weighted by Crippen LogP contribution is -2.62. The molecule has 0 saturated carbocycles. The van der Waals surface area contributed by atoms with Crippen molar-refractivity contribution in [2.24, 2.45) is 0 Å². The molecule has 2 fully saturated rings. The van der Waals surface area contributed by atoms with Gasteiger partial charge in [0.1, 0.15) is 0 Å². The second-order valence-electron chi connectivity index (χ2n) is 4.71. The predicted molar refractivity (Wildman–Crippen MR) is 56.9 cm³/mol. The van der Waals surface area contributed by atoms with Crippen LogP contribution < -0.4 is 0 Å². The molecule has 2 saturated heterocycles. The van der Waals surface area contributed by atoms with E-state index in [1.165, 1.54) is 6.92 Å². The number of carbonyl (C=O) groups excluding carboxylic acids is 1. The molecule has 110 valence electrons. The van der Waals surface area contributed by atoms with Crippen molar-refractivity contribution in [2.45, 2.75) is 50.1 Å². The molecular weight excluding hydrogens is 267 g/mol. The van der Waals surface area contributed by atoms with Crippen LogP contribution >= 0.6 is 0 Å². The van der Waals surface area contributed by atoms with E-state index >= 15 is 0 Å². The molecule has 1 N–H and O–H groups in total. The fourth-order valence-electron chi connectivity index (χ4n) is 2.64. The van der Waals surface area contributed by atoms with Crippen LogP contribution in [-0.4, -0.2) is 53.2 Å². The van der Waals surface area contributed by atoms with Gasteiger partial charge in [0.25, 0.3) is 0 Å². The maximum atomic E-state index is 13.2. The number of fused-ring (bicyclic) bond motifs is 1. The number of ether oxygens (including phenoxy) is 1. The Morgan fingerprint density at radius 1 is 1.53 bits per heavy atom. The van der Waals surface area contributed by atoms with E-state index in [9.17, 15) is 23.1 Å². The number of hydroxylamine groups is 2. The summed E-state index contributed by atoms with van der Waals surface area (Å²) < 4.78 is 44.2. The quantitative estimate of drug-likeness (QED) is 0.767. The fourth-order valence-corrected chi connectivity index (χ4v) is 2.64. The van der Waals surface area contributed by atoms with E-state index in [0.29, 0.717) is 12.8 Å². The van der Waals surface area contributed by atoms with Crippen molar-refractivity contribution in [3.63, 3.8) is 0 Å². The van der Waals surface area contributed by atoms with Crippen LogP contribution in [0.3, 0.4) is 0 Å². The van der Waals surface area contributed by atoms with Crippen LogP contribution in [0.1, 0.15) is 26.2 Å². The maximum absolute atomic E-state index is 13.2. The Balaban J connectivity index is 2.33. The van der Waals surface area contributed by atoms with Gasteiger partial charge >= 0.3 is 12.1 Å². The van der Waals surface area contributed by atoms with Crippen LogP contribution in [0, 0.1) is 0 Å². The highest BCUT2D eigenvalue weighted by atomic mass is 19.4. The van der Waals surface area contributed by atoms with Gasteiger partial charge in [0.05, 0.1) is 12.6 Å². The summed E-state index contributed by atoms with van der Waals surface area (Å²) in [5.74, 6) is -1.18. The Morgan fingerprint density at radius 3 is 2.79 bits per heavy atom. The van der Waals surface area contributed by atoms with E-state index in [-0.39, 0.29) is 19.6 Å². The first kappa shape index (κ1) is 14.5. The summed E-state index contributed by atoms with van der Waals surface area (Å²) in [5.41, 5.74) is -3.21. The van der Waals surface area contributed by atoms with Crippen molar-refractivity contribution in [2.75, 3.05) is 13.2 Å². The zero-order valence-electron chi connectivity index (χ0n) is 10.4. The van der Waals surface area contributed by atoms with Gasteiger partial charge in [-0.05, 0) is 19.8 Å². The van der Waals surface area contributed by atoms with E-state index in [4.69, 9.17) is 4.84 Å². The second-order valence-corrected chi connectivity index (χ2v) is 4.71. The Hall–Kier alpha value is -0.860. The number of halogens is 3. The monoisotopic (exact) mass is 283 g/mol. The summed E-state index contributed by atoms with van der Waals surface area (Å²) >= 11 is 0. The molecular formula is C11H16F3NO4. The topological polar surface area (TPSA) is 59.0 Å². The molecule has 0 unspecified atom stereocenters. The second kappa shape index (κ2) is 4.92. The summed E-state index contributed by atoms with van der Waals surface area (Å²) in [7, 11) is 0. The average molecular weight is 283 g/mol. The molecule has 3 atom stereocenters. The summed E-state index contributed by atoms with van der Waals surface area (Å²) in [6.07, 6.45) is -5.65. The molecule has 0 bridgehead atoms. The first-order valence-corrected chi connectivity index (χ1v) is 6.21. The van der Waals surface area contributed by atoms with Gasteiger partial charge in [-0.2, -0.15) is 18.2 Å². The summed E-state index contributed by atoms with van der Waals surface area (Å²) in [4.78, 5) is 16.6. The fraction of sp³-hybridized carbons (Fsp3) is 0.909. The highest BCUT2D eigenvalue weighted by molar-refractivity contribution is 5.77. The van der Waals surface area contributed by atoms with Gasteiger partial charge in [-0.15, -0.1) is 0 Å². The highest BCUT2D eigenvalue weighted by Gasteiger charge is 2.72. The number of alkyl halides is 3. The van der Waals surface area contributed by atoms with Gasteiger partial charge < -0.3 is 9.84 Å². The third-order valence-electron chi connectivity index (χ3n) is 3.56. The number of hydrogen-bond donors (Lipinski definition) is 1. The summed E-state index contributed by atoms with van der Waals surface area (Å²) in [5, 5.41) is 11.2. The number of nitrogens with zero attached hydrogens (tertiary/aromatic N) is 1. The van der Waals surface area contributed by atoms with Crippen LogP contribution in [0.2, 0.25) is 0 Å². The molecule has 5 nitrogen and oxygen atoms in total. The van der Waals surface area contributed by atoms with Gasteiger partial charge in [-0.3, -0.25) is 4.84 Å². The highest BCUT2D eigenvalue weighted by Crippen LogP contribution is 2.47. The van der Waals surface area contributed by atoms with Crippen molar-refractivity contribution in [3.8, 4) is 0 Å². The SMILES string of the molecule is CCOC(=O)[C@@H]1ON2CCCC[C@H]2[C@]1(O)C(F)(F)F. The van der Waals surface area contributed by atoms with Gasteiger partial charge in [-0.25, -0.2) is 4.79 Å². The Morgan fingerprint density at radius 2 is 2.21 bits per heavy atom. The molecule has 19 heavy (non-hydrogen) atoms. The van der Waals surface area contributed by atoms with Gasteiger partial charge in [-0.1, -0.05) is 6.42 Å². The molecule has 2 rings (SSSR count). The van der Waals surface area contributed by atoms with Crippen LogP contribution in [0.25, 0.3) is 0 Å². The smallest absolute Gasteiger partial charge is 0.422 e. The average Bonchev–Trinajstić information content (AvgIpc) is 2.65. The molecule has 8 heteroatoms. The number of rotatable bonds is 2. The Labute approximate surface area is 108 Å². The lowest BCUT2D eigenvalue weighted by Gasteiger charge is -2.36. The van der Waals surface area contributed by atoms with Gasteiger partial charge in [0, 0.05) is 6.54 Å². The van der Waals surface area contributed by atoms with Crippen LogP contribution in [0.5, 0.6) is 0 Å². The van der Waals surface area contributed by atoms with Crippen molar-refractivity contribution >= 4 is 5.97 Å².